The molecule has 4 rings (SSSR count). The van der Waals surface area contributed by atoms with Crippen molar-refractivity contribution < 1.29 is 42.9 Å². The summed E-state index contributed by atoms with van der Waals surface area (Å²) in [7, 11) is 0. The van der Waals surface area contributed by atoms with Gasteiger partial charge in [0.25, 0.3) is 0 Å². The zero-order chi connectivity index (χ0) is 27.7. The number of esters is 4. The Labute approximate surface area is 217 Å². The molecule has 0 aromatic heterocycles. The van der Waals surface area contributed by atoms with Crippen molar-refractivity contribution >= 4 is 29.7 Å². The van der Waals surface area contributed by atoms with E-state index in [1.54, 1.807) is 0 Å². The number of ether oxygens (including phenoxy) is 4. The minimum Gasteiger partial charge on any atom is -0.462 e. The van der Waals surface area contributed by atoms with Gasteiger partial charge >= 0.3 is 23.9 Å². The zero-order valence-electron chi connectivity index (χ0n) is 22.8. The van der Waals surface area contributed by atoms with Crippen LogP contribution in [0.4, 0.5) is 0 Å². The van der Waals surface area contributed by atoms with Crippen LogP contribution in [0.2, 0.25) is 0 Å². The first-order valence-electron chi connectivity index (χ1n) is 13.0. The molecule has 1 spiro atoms. The van der Waals surface area contributed by atoms with Gasteiger partial charge in [0.05, 0.1) is 0 Å². The van der Waals surface area contributed by atoms with Gasteiger partial charge in [0.2, 0.25) is 0 Å². The van der Waals surface area contributed by atoms with Gasteiger partial charge in [-0.15, -0.1) is 0 Å². The maximum absolute atomic E-state index is 14.3. The quantitative estimate of drug-likeness (QED) is 0.313. The smallest absolute Gasteiger partial charge is 0.302 e. The fraction of sp³-hybridized carbons (Fsp3) is 0.750. The third-order valence-electron chi connectivity index (χ3n) is 9.66. The van der Waals surface area contributed by atoms with Crippen LogP contribution >= 0.6 is 0 Å². The van der Waals surface area contributed by atoms with Crippen LogP contribution in [0.1, 0.15) is 74.1 Å². The Morgan fingerprint density at radius 3 is 1.89 bits per heavy atom. The lowest BCUT2D eigenvalue weighted by molar-refractivity contribution is -0.283. The summed E-state index contributed by atoms with van der Waals surface area (Å²) in [6.45, 7) is 15.5. The summed E-state index contributed by atoms with van der Waals surface area (Å²) in [4.78, 5) is 63.8. The Hall–Kier alpha value is -2.71. The molecular weight excluding hydrogens is 480 g/mol. The molecule has 9 heteroatoms. The lowest BCUT2D eigenvalue weighted by Crippen LogP contribution is -2.74. The third-order valence-corrected chi connectivity index (χ3v) is 9.66. The van der Waals surface area contributed by atoms with E-state index >= 15 is 0 Å². The number of Topliss-reactive ketones (excluding diaryl/α,β-unsaturated/α-hetero) is 1. The highest BCUT2D eigenvalue weighted by Gasteiger charge is 2.80. The summed E-state index contributed by atoms with van der Waals surface area (Å²) < 4.78 is 23.7. The van der Waals surface area contributed by atoms with Crippen LogP contribution in [-0.2, 0) is 42.9 Å². The Morgan fingerprint density at radius 2 is 1.35 bits per heavy atom. The molecule has 9 nitrogen and oxygen atoms in total. The normalized spacial score (nSPS) is 41.6. The molecule has 9 atom stereocenters. The maximum Gasteiger partial charge on any atom is 0.302 e. The van der Waals surface area contributed by atoms with Gasteiger partial charge < -0.3 is 18.9 Å². The van der Waals surface area contributed by atoms with Crippen molar-refractivity contribution in [2.45, 2.75) is 98.6 Å². The molecule has 0 N–H and O–H groups in total. The van der Waals surface area contributed by atoms with Gasteiger partial charge in [0.1, 0.15) is 29.8 Å². The van der Waals surface area contributed by atoms with Crippen LogP contribution < -0.4 is 0 Å². The SMILES string of the molecule is C=C1C(=O)[C@]23C(OC(C)=O)[C@H]1C[C@H](OC(C)=O)[C@H]2[C@]1(C)[C@@H](OC(C)=O)CCC(C)(C)[C@H]1C[C@H]3OC(C)=O. The van der Waals surface area contributed by atoms with Gasteiger partial charge in [0.15, 0.2) is 5.78 Å². The summed E-state index contributed by atoms with van der Waals surface area (Å²) in [6.07, 6.45) is -1.44. The topological polar surface area (TPSA) is 122 Å². The van der Waals surface area contributed by atoms with E-state index in [1.165, 1.54) is 27.7 Å². The third kappa shape index (κ3) is 3.91. The van der Waals surface area contributed by atoms with Crippen LogP contribution in [-0.4, -0.2) is 54.1 Å². The molecule has 4 aliphatic rings. The van der Waals surface area contributed by atoms with Crippen molar-refractivity contribution in [1.82, 2.24) is 0 Å². The minimum absolute atomic E-state index is 0.174. The van der Waals surface area contributed by atoms with Gasteiger partial charge in [-0.2, -0.15) is 0 Å². The molecule has 2 bridgehead atoms. The fourth-order valence-corrected chi connectivity index (χ4v) is 8.69. The van der Waals surface area contributed by atoms with E-state index in [0.717, 1.165) is 6.42 Å². The lowest BCUT2D eigenvalue weighted by atomic mass is 9.38. The van der Waals surface area contributed by atoms with Crippen molar-refractivity contribution in [1.29, 1.82) is 0 Å². The van der Waals surface area contributed by atoms with E-state index in [-0.39, 0.29) is 29.1 Å². The second-order valence-electron chi connectivity index (χ2n) is 12.2. The molecule has 4 aliphatic carbocycles. The molecule has 0 amide bonds. The molecule has 0 aromatic rings. The van der Waals surface area contributed by atoms with Gasteiger partial charge in [-0.1, -0.05) is 27.4 Å². The number of rotatable bonds is 4. The largest absolute Gasteiger partial charge is 0.462 e. The first-order chi connectivity index (χ1) is 17.1. The summed E-state index contributed by atoms with van der Waals surface area (Å²) >= 11 is 0. The van der Waals surface area contributed by atoms with Crippen molar-refractivity contribution in [3.05, 3.63) is 12.2 Å². The monoisotopic (exact) mass is 518 g/mol. The predicted molar refractivity (Wildman–Crippen MR) is 130 cm³/mol. The number of fused-ring (bicyclic) bond motifs is 3. The Balaban J connectivity index is 2.05. The van der Waals surface area contributed by atoms with Crippen LogP contribution in [0.25, 0.3) is 0 Å². The van der Waals surface area contributed by atoms with Crippen LogP contribution in [0.3, 0.4) is 0 Å². The van der Waals surface area contributed by atoms with E-state index in [4.69, 9.17) is 18.9 Å². The average molecular weight is 519 g/mol. The highest BCUT2D eigenvalue weighted by atomic mass is 16.6. The number of ketones is 1. The Kier molecular flexibility index (Phi) is 6.61. The average Bonchev–Trinajstić information content (AvgIpc) is 2.87. The van der Waals surface area contributed by atoms with Crippen LogP contribution in [0, 0.1) is 34.0 Å². The summed E-state index contributed by atoms with van der Waals surface area (Å²) in [5.41, 5.74) is -2.41. The molecule has 1 unspecified atom stereocenters. The molecule has 0 aliphatic heterocycles. The van der Waals surface area contributed by atoms with Crippen LogP contribution in [0.15, 0.2) is 12.2 Å². The van der Waals surface area contributed by atoms with Gasteiger partial charge in [-0.05, 0) is 42.6 Å². The number of carbonyl (C=O) groups is 5. The minimum atomic E-state index is -1.53. The second kappa shape index (κ2) is 8.95. The number of hydrogen-bond acceptors (Lipinski definition) is 9. The standard InChI is InChI=1S/C28H38O9/c1-13-18-11-19(34-14(2)29)23-27(8)20(26(6,7)10-9-21(27)35-15(3)30)12-22(36-16(4)31)28(23,24(13)33)25(18)37-17(5)32/h18-23,25H,1,9-12H2,2-8H3/t18-,19-,20+,21-,22+,23-,25?,27-,28+/m0/s1. The van der Waals surface area contributed by atoms with Crippen molar-refractivity contribution in [2.24, 2.45) is 34.0 Å². The first-order valence-corrected chi connectivity index (χ1v) is 13.0. The number of hydrogen-bond donors (Lipinski definition) is 0. The molecule has 37 heavy (non-hydrogen) atoms. The lowest BCUT2D eigenvalue weighted by Gasteiger charge is -2.67. The van der Waals surface area contributed by atoms with Crippen molar-refractivity contribution in [2.75, 3.05) is 0 Å². The molecule has 0 aromatic carbocycles. The molecule has 204 valence electrons. The zero-order valence-corrected chi connectivity index (χ0v) is 22.8. The van der Waals surface area contributed by atoms with Gasteiger partial charge in [0, 0.05) is 44.9 Å². The molecule has 0 saturated heterocycles. The van der Waals surface area contributed by atoms with E-state index in [0.29, 0.717) is 12.8 Å². The summed E-state index contributed by atoms with van der Waals surface area (Å²) in [6, 6.07) is 0. The van der Waals surface area contributed by atoms with E-state index < -0.39 is 71.0 Å². The highest BCUT2D eigenvalue weighted by molar-refractivity contribution is 6.05. The van der Waals surface area contributed by atoms with Crippen molar-refractivity contribution in [3.8, 4) is 0 Å². The fourth-order valence-electron chi connectivity index (χ4n) is 8.69. The predicted octanol–water partition coefficient (Wildman–Crippen LogP) is 3.32. The van der Waals surface area contributed by atoms with Gasteiger partial charge in [-0.25, -0.2) is 0 Å². The van der Waals surface area contributed by atoms with E-state index in [9.17, 15) is 24.0 Å². The molecule has 4 saturated carbocycles. The summed E-state index contributed by atoms with van der Waals surface area (Å²) in [5, 5.41) is 0. The number of carbonyl (C=O) groups excluding carboxylic acids is 5. The Bertz CT molecular complexity index is 1060. The van der Waals surface area contributed by atoms with Crippen molar-refractivity contribution in [3.63, 3.8) is 0 Å². The molecule has 0 heterocycles. The summed E-state index contributed by atoms with van der Waals surface area (Å²) in [5.74, 6) is -3.98. The molecule has 0 radical (unpaired) electrons. The molecular formula is C28H38O9. The first kappa shape index (κ1) is 27.3. The van der Waals surface area contributed by atoms with Gasteiger partial charge in [-0.3, -0.25) is 24.0 Å². The Morgan fingerprint density at radius 1 is 0.811 bits per heavy atom. The van der Waals surface area contributed by atoms with E-state index in [2.05, 4.69) is 20.4 Å². The van der Waals surface area contributed by atoms with Crippen LogP contribution in [0.5, 0.6) is 0 Å². The van der Waals surface area contributed by atoms with E-state index in [1.807, 2.05) is 6.92 Å². The molecule has 4 fully saturated rings. The maximum atomic E-state index is 14.3. The highest BCUT2D eigenvalue weighted by Crippen LogP contribution is 2.72. The second-order valence-corrected chi connectivity index (χ2v) is 12.2.